The van der Waals surface area contributed by atoms with Gasteiger partial charge in [0.2, 0.25) is 0 Å². The first-order valence-corrected chi connectivity index (χ1v) is 8.16. The van der Waals surface area contributed by atoms with E-state index >= 15 is 0 Å². The normalized spacial score (nSPS) is 11.6. The highest BCUT2D eigenvalue weighted by Gasteiger charge is 2.07. The summed E-state index contributed by atoms with van der Waals surface area (Å²) in [6.07, 6.45) is 0.334. The molecule has 4 N–H and O–H groups in total. The van der Waals surface area contributed by atoms with Crippen molar-refractivity contribution in [1.82, 2.24) is 5.32 Å². The van der Waals surface area contributed by atoms with Gasteiger partial charge in [-0.05, 0) is 55.2 Å². The molecule has 0 aromatic heterocycles. The number of carbonyl (C=O) groups is 1. The molecule has 2 aromatic carbocycles. The number of benzene rings is 2. The zero-order valence-electron chi connectivity index (χ0n) is 14.5. The molecule has 6 nitrogen and oxygen atoms in total. The standard InChI is InChI=1S/C19H24N2O4/c1-13(21-19(23)24)6-7-14-8-9-17(18(22)11-14)20-12-15-4-3-5-16(10-15)25-2/h3-5,8-11,13,20-22H,6-7,12H2,1-2H3,(H,23,24)/t13-/m0/s1. The van der Waals surface area contributed by atoms with Gasteiger partial charge in [-0.15, -0.1) is 0 Å². The minimum atomic E-state index is -1.02. The number of aromatic hydroxyl groups is 1. The van der Waals surface area contributed by atoms with Crippen LogP contribution in [0, 0.1) is 0 Å². The van der Waals surface area contributed by atoms with Gasteiger partial charge in [-0.3, -0.25) is 0 Å². The maximum Gasteiger partial charge on any atom is 0.404 e. The van der Waals surface area contributed by atoms with Crippen molar-refractivity contribution in [2.75, 3.05) is 12.4 Å². The van der Waals surface area contributed by atoms with Gasteiger partial charge in [0.1, 0.15) is 11.5 Å². The van der Waals surface area contributed by atoms with Crippen LogP contribution in [0.1, 0.15) is 24.5 Å². The van der Waals surface area contributed by atoms with Crippen LogP contribution in [-0.4, -0.2) is 29.5 Å². The Morgan fingerprint density at radius 1 is 1.20 bits per heavy atom. The summed E-state index contributed by atoms with van der Waals surface area (Å²) in [6, 6.07) is 13.1. The Labute approximate surface area is 147 Å². The molecular weight excluding hydrogens is 320 g/mol. The number of hydrogen-bond donors (Lipinski definition) is 4. The summed E-state index contributed by atoms with van der Waals surface area (Å²) < 4.78 is 5.20. The smallest absolute Gasteiger partial charge is 0.404 e. The van der Waals surface area contributed by atoms with Gasteiger partial charge in [0.25, 0.3) is 0 Å². The van der Waals surface area contributed by atoms with Crippen molar-refractivity contribution < 1.29 is 19.7 Å². The fourth-order valence-corrected chi connectivity index (χ4v) is 2.53. The van der Waals surface area contributed by atoms with Crippen molar-refractivity contribution in [3.05, 3.63) is 53.6 Å². The van der Waals surface area contributed by atoms with E-state index in [0.717, 1.165) is 16.9 Å². The lowest BCUT2D eigenvalue weighted by Gasteiger charge is -2.13. The van der Waals surface area contributed by atoms with Crippen LogP contribution >= 0.6 is 0 Å². The first kappa shape index (κ1) is 18.4. The summed E-state index contributed by atoms with van der Waals surface area (Å²) in [5.74, 6) is 0.974. The summed E-state index contributed by atoms with van der Waals surface area (Å²) in [5, 5.41) is 24.5. The molecule has 0 saturated carbocycles. The lowest BCUT2D eigenvalue weighted by molar-refractivity contribution is 0.190. The fourth-order valence-electron chi connectivity index (χ4n) is 2.53. The molecule has 0 heterocycles. The van der Waals surface area contributed by atoms with Crippen molar-refractivity contribution in [3.63, 3.8) is 0 Å². The average Bonchev–Trinajstić information content (AvgIpc) is 2.58. The molecule has 2 aromatic rings. The van der Waals surface area contributed by atoms with E-state index in [1.807, 2.05) is 43.3 Å². The number of hydrogen-bond acceptors (Lipinski definition) is 4. The van der Waals surface area contributed by atoms with Crippen LogP contribution in [0.2, 0.25) is 0 Å². The average molecular weight is 344 g/mol. The highest BCUT2D eigenvalue weighted by atomic mass is 16.5. The van der Waals surface area contributed by atoms with E-state index < -0.39 is 6.09 Å². The first-order valence-electron chi connectivity index (χ1n) is 8.16. The van der Waals surface area contributed by atoms with Crippen molar-refractivity contribution in [1.29, 1.82) is 0 Å². The molecule has 0 aliphatic heterocycles. The summed E-state index contributed by atoms with van der Waals surface area (Å²) in [7, 11) is 1.63. The Hall–Kier alpha value is -2.89. The SMILES string of the molecule is COc1cccc(CNc2ccc(CC[C@H](C)NC(=O)O)cc2O)c1. The number of aryl methyl sites for hydroxylation is 1. The Balaban J connectivity index is 1.91. The maximum atomic E-state index is 10.6. The van der Waals surface area contributed by atoms with Crippen molar-refractivity contribution in [3.8, 4) is 11.5 Å². The van der Waals surface area contributed by atoms with Gasteiger partial charge in [-0.2, -0.15) is 0 Å². The molecular formula is C19H24N2O4. The summed E-state index contributed by atoms with van der Waals surface area (Å²) in [4.78, 5) is 10.6. The third kappa shape index (κ3) is 5.91. The number of rotatable bonds is 8. The zero-order chi connectivity index (χ0) is 18.2. The molecule has 0 aliphatic carbocycles. The van der Waals surface area contributed by atoms with Crippen LogP contribution in [0.15, 0.2) is 42.5 Å². The molecule has 2 rings (SSSR count). The molecule has 0 fully saturated rings. The monoisotopic (exact) mass is 344 g/mol. The number of anilines is 1. The molecule has 0 spiro atoms. The Morgan fingerprint density at radius 2 is 2.00 bits per heavy atom. The highest BCUT2D eigenvalue weighted by Crippen LogP contribution is 2.26. The van der Waals surface area contributed by atoms with Crippen LogP contribution in [-0.2, 0) is 13.0 Å². The summed E-state index contributed by atoms with van der Waals surface area (Å²) in [6.45, 7) is 2.39. The number of carboxylic acid groups (broad SMARTS) is 1. The molecule has 25 heavy (non-hydrogen) atoms. The van der Waals surface area contributed by atoms with E-state index in [9.17, 15) is 9.90 Å². The Morgan fingerprint density at radius 3 is 2.68 bits per heavy atom. The van der Waals surface area contributed by atoms with Crippen molar-refractivity contribution in [2.45, 2.75) is 32.4 Å². The van der Waals surface area contributed by atoms with E-state index in [0.29, 0.717) is 25.1 Å². The molecule has 0 radical (unpaired) electrons. The molecule has 1 atom stereocenters. The molecule has 0 unspecified atom stereocenters. The molecule has 134 valence electrons. The number of phenolic OH excluding ortho intramolecular Hbond substituents is 1. The van der Waals surface area contributed by atoms with Crippen molar-refractivity contribution in [2.24, 2.45) is 0 Å². The third-order valence-electron chi connectivity index (χ3n) is 3.92. The summed E-state index contributed by atoms with van der Waals surface area (Å²) >= 11 is 0. The number of ether oxygens (including phenoxy) is 1. The van der Waals surface area contributed by atoms with E-state index in [4.69, 9.17) is 9.84 Å². The zero-order valence-corrected chi connectivity index (χ0v) is 14.5. The van der Waals surface area contributed by atoms with Crippen molar-refractivity contribution >= 4 is 11.8 Å². The van der Waals surface area contributed by atoms with Gasteiger partial charge in [-0.25, -0.2) is 4.79 Å². The van der Waals surface area contributed by atoms with E-state index in [-0.39, 0.29) is 11.8 Å². The summed E-state index contributed by atoms with van der Waals surface area (Å²) in [5.41, 5.74) is 2.67. The van der Waals surface area contributed by atoms with E-state index in [1.165, 1.54) is 0 Å². The fraction of sp³-hybridized carbons (Fsp3) is 0.316. The number of nitrogens with one attached hydrogen (secondary N) is 2. The highest BCUT2D eigenvalue weighted by molar-refractivity contribution is 5.64. The van der Waals surface area contributed by atoms with Crippen LogP contribution < -0.4 is 15.4 Å². The number of phenols is 1. The lowest BCUT2D eigenvalue weighted by atomic mass is 10.1. The quantitative estimate of drug-likeness (QED) is 0.549. The molecule has 0 saturated heterocycles. The van der Waals surface area contributed by atoms with Gasteiger partial charge in [-0.1, -0.05) is 18.2 Å². The third-order valence-corrected chi connectivity index (χ3v) is 3.92. The molecule has 6 heteroatoms. The van der Waals surface area contributed by atoms with Gasteiger partial charge >= 0.3 is 6.09 Å². The molecule has 0 aliphatic rings. The van der Waals surface area contributed by atoms with Crippen LogP contribution in [0.5, 0.6) is 11.5 Å². The minimum absolute atomic E-state index is 0.134. The van der Waals surface area contributed by atoms with Gasteiger partial charge in [0.05, 0.1) is 12.8 Å². The van der Waals surface area contributed by atoms with Crippen LogP contribution in [0.3, 0.4) is 0 Å². The Bertz CT molecular complexity index is 718. The molecule has 0 bridgehead atoms. The molecule has 1 amide bonds. The number of amides is 1. The minimum Gasteiger partial charge on any atom is -0.506 e. The van der Waals surface area contributed by atoms with Gasteiger partial charge in [0, 0.05) is 12.6 Å². The van der Waals surface area contributed by atoms with Crippen LogP contribution in [0.4, 0.5) is 10.5 Å². The topological polar surface area (TPSA) is 90.8 Å². The van der Waals surface area contributed by atoms with Crippen LogP contribution in [0.25, 0.3) is 0 Å². The lowest BCUT2D eigenvalue weighted by Crippen LogP contribution is -2.31. The maximum absolute atomic E-state index is 10.6. The predicted molar refractivity (Wildman–Crippen MR) is 97.4 cm³/mol. The van der Waals surface area contributed by atoms with E-state index in [1.54, 1.807) is 13.2 Å². The number of methoxy groups -OCH3 is 1. The Kier molecular flexibility index (Phi) is 6.51. The largest absolute Gasteiger partial charge is 0.506 e. The van der Waals surface area contributed by atoms with Gasteiger partial charge < -0.3 is 25.6 Å². The predicted octanol–water partition coefficient (Wildman–Crippen LogP) is 3.60. The second-order valence-electron chi connectivity index (χ2n) is 5.95. The van der Waals surface area contributed by atoms with E-state index in [2.05, 4.69) is 10.6 Å². The van der Waals surface area contributed by atoms with Gasteiger partial charge in [0.15, 0.2) is 0 Å². The second-order valence-corrected chi connectivity index (χ2v) is 5.95. The first-order chi connectivity index (χ1) is 12.0. The second kappa shape index (κ2) is 8.82.